The second-order valence-corrected chi connectivity index (χ2v) is 7.25. The highest BCUT2D eigenvalue weighted by Gasteiger charge is 2.30. The Labute approximate surface area is 143 Å². The number of likely N-dealkylation sites (tertiary alicyclic amines) is 1. The summed E-state index contributed by atoms with van der Waals surface area (Å²) in [5, 5.41) is 12.2. The molecule has 1 atom stereocenters. The third-order valence-corrected chi connectivity index (χ3v) is 5.34. The molecule has 0 bridgehead atoms. The number of hydrogen-bond acceptors (Lipinski definition) is 2. The molecule has 5 nitrogen and oxygen atoms in total. The molecular weight excluding hydrogens is 304 g/mol. The summed E-state index contributed by atoms with van der Waals surface area (Å²) in [7, 11) is 0. The number of nitrogens with one attached hydrogen (secondary N) is 1. The number of fused-ring (bicyclic) bond motifs is 1. The first-order valence-corrected chi connectivity index (χ1v) is 8.86. The largest absolute Gasteiger partial charge is 0.481 e. The lowest BCUT2D eigenvalue weighted by Crippen LogP contribution is -2.46. The molecule has 1 unspecified atom stereocenters. The van der Waals surface area contributed by atoms with Crippen LogP contribution in [0.5, 0.6) is 0 Å². The Morgan fingerprint density at radius 3 is 2.54 bits per heavy atom. The van der Waals surface area contributed by atoms with Gasteiger partial charge in [0, 0.05) is 13.1 Å². The monoisotopic (exact) mass is 330 g/mol. The lowest BCUT2D eigenvalue weighted by atomic mass is 9.97. The van der Waals surface area contributed by atoms with Crippen LogP contribution < -0.4 is 5.32 Å². The third kappa shape index (κ3) is 3.40. The maximum atomic E-state index is 12.5. The predicted molar refractivity (Wildman–Crippen MR) is 92.1 cm³/mol. The van der Waals surface area contributed by atoms with Crippen LogP contribution in [0.1, 0.15) is 61.8 Å². The number of piperidine rings is 1. The number of carbonyl (C=O) groups excluding carboxylic acids is 1. The Morgan fingerprint density at radius 2 is 1.92 bits per heavy atom. The molecule has 0 spiro atoms. The van der Waals surface area contributed by atoms with E-state index in [1.807, 2.05) is 0 Å². The molecule has 1 aliphatic heterocycles. The number of nitrogens with zero attached hydrogens (tertiary/aromatic N) is 1. The Bertz CT molecular complexity index is 633. The topological polar surface area (TPSA) is 69.6 Å². The van der Waals surface area contributed by atoms with E-state index in [-0.39, 0.29) is 18.0 Å². The van der Waals surface area contributed by atoms with Gasteiger partial charge < -0.3 is 15.3 Å². The van der Waals surface area contributed by atoms with E-state index in [2.05, 4.69) is 37.4 Å². The van der Waals surface area contributed by atoms with Crippen molar-refractivity contribution in [2.45, 2.75) is 51.5 Å². The van der Waals surface area contributed by atoms with E-state index in [9.17, 15) is 9.59 Å². The standard InChI is InChI=1S/C19H26N2O3/c1-12(2)15-4-3-13-5-6-17(16(13)11-15)20-19(24)21-9-7-14(8-10-21)18(22)23/h3-4,11-12,14,17H,5-10H2,1-2H3,(H,20,24)(H,22,23). The van der Waals surface area contributed by atoms with Crippen LogP contribution in [0.25, 0.3) is 0 Å². The maximum Gasteiger partial charge on any atom is 0.317 e. The molecule has 3 rings (SSSR count). The van der Waals surface area contributed by atoms with Crippen LogP contribution in [0, 0.1) is 5.92 Å². The van der Waals surface area contributed by atoms with Crippen molar-refractivity contribution in [3.63, 3.8) is 0 Å². The Hall–Kier alpha value is -2.04. The lowest BCUT2D eigenvalue weighted by Gasteiger charge is -2.31. The van der Waals surface area contributed by atoms with Crippen LogP contribution in [0.3, 0.4) is 0 Å². The Kier molecular flexibility index (Phi) is 4.78. The van der Waals surface area contributed by atoms with E-state index in [4.69, 9.17) is 5.11 Å². The van der Waals surface area contributed by atoms with E-state index >= 15 is 0 Å². The first-order chi connectivity index (χ1) is 11.5. The normalized spacial score (nSPS) is 21.0. The molecule has 1 aliphatic carbocycles. The molecule has 0 radical (unpaired) electrons. The highest BCUT2D eigenvalue weighted by atomic mass is 16.4. The van der Waals surface area contributed by atoms with Gasteiger partial charge in [0.05, 0.1) is 12.0 Å². The third-order valence-electron chi connectivity index (χ3n) is 5.34. The van der Waals surface area contributed by atoms with Gasteiger partial charge in [-0.3, -0.25) is 4.79 Å². The number of carboxylic acid groups (broad SMARTS) is 1. The van der Waals surface area contributed by atoms with Crippen molar-refractivity contribution in [3.05, 3.63) is 34.9 Å². The zero-order valence-electron chi connectivity index (χ0n) is 14.4. The van der Waals surface area contributed by atoms with Crippen LogP contribution in [0.2, 0.25) is 0 Å². The quantitative estimate of drug-likeness (QED) is 0.893. The predicted octanol–water partition coefficient (Wildman–Crippen LogP) is 3.30. The van der Waals surface area contributed by atoms with Crippen LogP contribution in [0.15, 0.2) is 18.2 Å². The van der Waals surface area contributed by atoms with Crippen LogP contribution >= 0.6 is 0 Å². The number of carboxylic acids is 1. The molecule has 0 aromatic heterocycles. The zero-order chi connectivity index (χ0) is 17.3. The average Bonchev–Trinajstić information content (AvgIpc) is 2.97. The summed E-state index contributed by atoms with van der Waals surface area (Å²) in [5.74, 6) is -0.585. The van der Waals surface area contributed by atoms with Crippen molar-refractivity contribution >= 4 is 12.0 Å². The fourth-order valence-corrected chi connectivity index (χ4v) is 3.70. The number of aliphatic carboxylic acids is 1. The van der Waals surface area contributed by atoms with Gasteiger partial charge in [0.2, 0.25) is 0 Å². The molecule has 1 aromatic rings. The summed E-state index contributed by atoms with van der Waals surface area (Å²) < 4.78 is 0. The minimum Gasteiger partial charge on any atom is -0.481 e. The van der Waals surface area contributed by atoms with Crippen LogP contribution in [0.4, 0.5) is 4.79 Å². The van der Waals surface area contributed by atoms with E-state index in [0.717, 1.165) is 12.8 Å². The van der Waals surface area contributed by atoms with E-state index in [1.165, 1.54) is 16.7 Å². The van der Waals surface area contributed by atoms with Crippen LogP contribution in [-0.4, -0.2) is 35.1 Å². The average molecular weight is 330 g/mol. The van der Waals surface area contributed by atoms with Gasteiger partial charge in [-0.25, -0.2) is 4.79 Å². The van der Waals surface area contributed by atoms with Crippen molar-refractivity contribution in [1.82, 2.24) is 10.2 Å². The Morgan fingerprint density at radius 1 is 1.21 bits per heavy atom. The van der Waals surface area contributed by atoms with Gasteiger partial charge in [-0.05, 0) is 48.3 Å². The fourth-order valence-electron chi connectivity index (χ4n) is 3.70. The summed E-state index contributed by atoms with van der Waals surface area (Å²) in [6.45, 7) is 5.40. The zero-order valence-corrected chi connectivity index (χ0v) is 14.4. The van der Waals surface area contributed by atoms with Crippen molar-refractivity contribution in [2.24, 2.45) is 5.92 Å². The van der Waals surface area contributed by atoms with Crippen molar-refractivity contribution < 1.29 is 14.7 Å². The summed E-state index contributed by atoms with van der Waals surface area (Å²) in [6, 6.07) is 6.61. The van der Waals surface area contributed by atoms with Gasteiger partial charge in [0.15, 0.2) is 0 Å². The molecule has 1 aromatic carbocycles. The number of amides is 2. The Balaban J connectivity index is 1.63. The highest BCUT2D eigenvalue weighted by molar-refractivity contribution is 5.76. The van der Waals surface area contributed by atoms with Gasteiger partial charge in [-0.2, -0.15) is 0 Å². The van der Waals surface area contributed by atoms with Gasteiger partial charge in [-0.15, -0.1) is 0 Å². The fraction of sp³-hybridized carbons (Fsp3) is 0.579. The molecule has 5 heteroatoms. The molecule has 1 heterocycles. The van der Waals surface area contributed by atoms with Gasteiger partial charge in [0.1, 0.15) is 0 Å². The first kappa shape index (κ1) is 16.8. The van der Waals surface area contributed by atoms with Gasteiger partial charge >= 0.3 is 12.0 Å². The summed E-state index contributed by atoms with van der Waals surface area (Å²) in [4.78, 5) is 25.3. The smallest absolute Gasteiger partial charge is 0.317 e. The second-order valence-electron chi connectivity index (χ2n) is 7.25. The molecule has 2 N–H and O–H groups in total. The number of benzene rings is 1. The lowest BCUT2D eigenvalue weighted by molar-refractivity contribution is -0.143. The SMILES string of the molecule is CC(C)c1ccc2c(c1)C(NC(=O)N1CCC(C(=O)O)CC1)CC2. The van der Waals surface area contributed by atoms with Gasteiger partial charge in [-0.1, -0.05) is 32.0 Å². The van der Waals surface area contributed by atoms with Gasteiger partial charge in [0.25, 0.3) is 0 Å². The molecular formula is C19H26N2O3. The number of carbonyl (C=O) groups is 2. The van der Waals surface area contributed by atoms with E-state index in [0.29, 0.717) is 31.8 Å². The molecule has 1 saturated heterocycles. The minimum atomic E-state index is -0.749. The molecule has 24 heavy (non-hydrogen) atoms. The minimum absolute atomic E-state index is 0.0633. The number of aryl methyl sites for hydroxylation is 1. The first-order valence-electron chi connectivity index (χ1n) is 8.86. The van der Waals surface area contributed by atoms with Crippen molar-refractivity contribution in [3.8, 4) is 0 Å². The molecule has 1 fully saturated rings. The van der Waals surface area contributed by atoms with E-state index in [1.54, 1.807) is 4.90 Å². The molecule has 0 saturated carbocycles. The van der Waals surface area contributed by atoms with Crippen LogP contribution in [-0.2, 0) is 11.2 Å². The van der Waals surface area contributed by atoms with Crippen molar-refractivity contribution in [1.29, 1.82) is 0 Å². The number of urea groups is 1. The summed E-state index contributed by atoms with van der Waals surface area (Å²) in [5.41, 5.74) is 3.88. The second kappa shape index (κ2) is 6.83. The molecule has 130 valence electrons. The molecule has 2 amide bonds. The maximum absolute atomic E-state index is 12.5. The van der Waals surface area contributed by atoms with Crippen molar-refractivity contribution in [2.75, 3.05) is 13.1 Å². The summed E-state index contributed by atoms with van der Waals surface area (Å²) >= 11 is 0. The van der Waals surface area contributed by atoms with E-state index < -0.39 is 5.97 Å². The number of rotatable bonds is 3. The number of hydrogen-bond donors (Lipinski definition) is 2. The highest BCUT2D eigenvalue weighted by Crippen LogP contribution is 2.33. The molecule has 2 aliphatic rings. The summed E-state index contributed by atoms with van der Waals surface area (Å²) in [6.07, 6.45) is 3.02.